The SMILES string of the molecule is CSc1cc(N)cc2c1CCO2. The fourth-order valence-electron chi connectivity index (χ4n) is 1.46. The summed E-state index contributed by atoms with van der Waals surface area (Å²) < 4.78 is 5.43. The van der Waals surface area contributed by atoms with Crippen LogP contribution in [0.3, 0.4) is 0 Å². The smallest absolute Gasteiger partial charge is 0.125 e. The highest BCUT2D eigenvalue weighted by molar-refractivity contribution is 7.98. The second-order valence-corrected chi connectivity index (χ2v) is 3.65. The monoisotopic (exact) mass is 181 g/mol. The van der Waals surface area contributed by atoms with E-state index < -0.39 is 0 Å². The zero-order valence-electron chi connectivity index (χ0n) is 6.96. The van der Waals surface area contributed by atoms with Crippen molar-refractivity contribution >= 4 is 17.4 Å². The van der Waals surface area contributed by atoms with E-state index in [2.05, 4.69) is 6.26 Å². The van der Waals surface area contributed by atoms with Crippen LogP contribution in [0.4, 0.5) is 5.69 Å². The van der Waals surface area contributed by atoms with Crippen LogP contribution in [0.1, 0.15) is 5.56 Å². The van der Waals surface area contributed by atoms with E-state index in [1.807, 2.05) is 12.1 Å². The van der Waals surface area contributed by atoms with Gasteiger partial charge in [-0.15, -0.1) is 11.8 Å². The molecule has 0 bridgehead atoms. The van der Waals surface area contributed by atoms with Gasteiger partial charge < -0.3 is 10.5 Å². The molecule has 64 valence electrons. The molecular formula is C9H11NOS. The van der Waals surface area contributed by atoms with E-state index in [1.54, 1.807) is 11.8 Å². The van der Waals surface area contributed by atoms with Gasteiger partial charge in [0.05, 0.1) is 6.61 Å². The minimum atomic E-state index is 0.792. The Morgan fingerprint density at radius 1 is 1.50 bits per heavy atom. The summed E-state index contributed by atoms with van der Waals surface area (Å²) in [4.78, 5) is 1.25. The van der Waals surface area contributed by atoms with Crippen molar-refractivity contribution in [2.24, 2.45) is 0 Å². The predicted octanol–water partition coefficient (Wildman–Crippen LogP) is 1.93. The molecule has 2 N–H and O–H groups in total. The van der Waals surface area contributed by atoms with Crippen molar-refractivity contribution in [1.82, 2.24) is 0 Å². The highest BCUT2D eigenvalue weighted by atomic mass is 32.2. The Morgan fingerprint density at radius 3 is 3.08 bits per heavy atom. The van der Waals surface area contributed by atoms with Crippen molar-refractivity contribution in [3.8, 4) is 5.75 Å². The van der Waals surface area contributed by atoms with Gasteiger partial charge in [0.15, 0.2) is 0 Å². The molecule has 0 aliphatic carbocycles. The highest BCUT2D eigenvalue weighted by Gasteiger charge is 2.16. The van der Waals surface area contributed by atoms with Crippen LogP contribution in [0.5, 0.6) is 5.75 Å². The van der Waals surface area contributed by atoms with Crippen LogP contribution in [0, 0.1) is 0 Å². The van der Waals surface area contributed by atoms with Gasteiger partial charge in [-0.3, -0.25) is 0 Å². The second kappa shape index (κ2) is 2.90. The first kappa shape index (κ1) is 7.80. The molecule has 1 aliphatic heterocycles. The zero-order valence-corrected chi connectivity index (χ0v) is 7.78. The second-order valence-electron chi connectivity index (χ2n) is 2.80. The summed E-state index contributed by atoms with van der Waals surface area (Å²) in [6.07, 6.45) is 3.08. The van der Waals surface area contributed by atoms with E-state index in [0.717, 1.165) is 24.5 Å². The third kappa shape index (κ3) is 1.14. The minimum Gasteiger partial charge on any atom is -0.493 e. The van der Waals surface area contributed by atoms with Crippen LogP contribution >= 0.6 is 11.8 Å². The fraction of sp³-hybridized carbons (Fsp3) is 0.333. The van der Waals surface area contributed by atoms with E-state index in [1.165, 1.54) is 10.5 Å². The Morgan fingerprint density at radius 2 is 2.33 bits per heavy atom. The van der Waals surface area contributed by atoms with Crippen LogP contribution in [-0.4, -0.2) is 12.9 Å². The molecule has 0 saturated carbocycles. The molecule has 1 aromatic rings. The van der Waals surface area contributed by atoms with Gasteiger partial charge in [0.1, 0.15) is 5.75 Å². The molecule has 0 saturated heterocycles. The lowest BCUT2D eigenvalue weighted by Gasteiger charge is -2.05. The Bertz CT molecular complexity index is 312. The van der Waals surface area contributed by atoms with Gasteiger partial charge in [0.25, 0.3) is 0 Å². The van der Waals surface area contributed by atoms with E-state index in [0.29, 0.717) is 0 Å². The highest BCUT2D eigenvalue weighted by Crippen LogP contribution is 2.35. The number of rotatable bonds is 1. The minimum absolute atomic E-state index is 0.792. The maximum Gasteiger partial charge on any atom is 0.125 e. The van der Waals surface area contributed by atoms with Crippen molar-refractivity contribution in [1.29, 1.82) is 0 Å². The lowest BCUT2D eigenvalue weighted by Crippen LogP contribution is -1.88. The summed E-state index contributed by atoms with van der Waals surface area (Å²) >= 11 is 1.73. The van der Waals surface area contributed by atoms with Crippen molar-refractivity contribution < 1.29 is 4.74 Å². The molecule has 3 heteroatoms. The van der Waals surface area contributed by atoms with E-state index >= 15 is 0 Å². The summed E-state index contributed by atoms with van der Waals surface area (Å²) in [6, 6.07) is 3.92. The molecule has 0 amide bonds. The molecule has 0 atom stereocenters. The number of anilines is 1. The van der Waals surface area contributed by atoms with Gasteiger partial charge in [-0.2, -0.15) is 0 Å². The van der Waals surface area contributed by atoms with E-state index in [9.17, 15) is 0 Å². The molecule has 1 aliphatic rings. The van der Waals surface area contributed by atoms with Gasteiger partial charge in [0.2, 0.25) is 0 Å². The molecule has 1 heterocycles. The quantitative estimate of drug-likeness (QED) is 0.531. The Balaban J connectivity index is 2.55. The molecule has 0 fully saturated rings. The Kier molecular flexibility index (Phi) is 1.89. The molecule has 2 rings (SSSR count). The molecule has 12 heavy (non-hydrogen) atoms. The number of hydrogen-bond donors (Lipinski definition) is 1. The maximum absolute atomic E-state index is 5.71. The summed E-state index contributed by atoms with van der Waals surface area (Å²) in [5.41, 5.74) is 7.82. The van der Waals surface area contributed by atoms with Crippen LogP contribution in [0.2, 0.25) is 0 Å². The van der Waals surface area contributed by atoms with Gasteiger partial charge >= 0.3 is 0 Å². The number of fused-ring (bicyclic) bond motifs is 1. The molecule has 0 radical (unpaired) electrons. The van der Waals surface area contributed by atoms with E-state index in [4.69, 9.17) is 10.5 Å². The van der Waals surface area contributed by atoms with Gasteiger partial charge in [0, 0.05) is 28.6 Å². The van der Waals surface area contributed by atoms with E-state index in [-0.39, 0.29) is 0 Å². The van der Waals surface area contributed by atoms with Gasteiger partial charge in [-0.1, -0.05) is 0 Å². The van der Waals surface area contributed by atoms with Gasteiger partial charge in [-0.05, 0) is 12.3 Å². The van der Waals surface area contributed by atoms with Crippen LogP contribution in [0.25, 0.3) is 0 Å². The topological polar surface area (TPSA) is 35.2 Å². The molecule has 2 nitrogen and oxygen atoms in total. The summed E-state index contributed by atoms with van der Waals surface area (Å²) in [6.45, 7) is 0.798. The Hall–Kier alpha value is -0.830. The van der Waals surface area contributed by atoms with Gasteiger partial charge in [-0.25, -0.2) is 0 Å². The number of hydrogen-bond acceptors (Lipinski definition) is 3. The summed E-state index contributed by atoms with van der Waals surface area (Å²) in [7, 11) is 0. The average molecular weight is 181 g/mol. The number of benzene rings is 1. The average Bonchev–Trinajstić information content (AvgIpc) is 2.50. The zero-order chi connectivity index (χ0) is 8.55. The molecule has 0 spiro atoms. The van der Waals surface area contributed by atoms with Crippen molar-refractivity contribution in [2.75, 3.05) is 18.6 Å². The molecule has 1 aromatic carbocycles. The summed E-state index contributed by atoms with van der Waals surface area (Å²) in [5.74, 6) is 0.972. The fourth-order valence-corrected chi connectivity index (χ4v) is 2.16. The number of thioether (sulfide) groups is 1. The molecule has 0 aromatic heterocycles. The van der Waals surface area contributed by atoms with Crippen LogP contribution in [0.15, 0.2) is 17.0 Å². The number of nitrogens with two attached hydrogens (primary N) is 1. The normalized spacial score (nSPS) is 14.1. The van der Waals surface area contributed by atoms with Crippen LogP contribution in [-0.2, 0) is 6.42 Å². The van der Waals surface area contributed by atoms with Crippen molar-refractivity contribution in [3.05, 3.63) is 17.7 Å². The Labute approximate surface area is 76.1 Å². The number of nitrogen functional groups attached to an aromatic ring is 1. The predicted molar refractivity (Wildman–Crippen MR) is 51.8 cm³/mol. The molecule has 0 unspecified atom stereocenters. The lowest BCUT2D eigenvalue weighted by atomic mass is 10.1. The number of ether oxygens (including phenoxy) is 1. The van der Waals surface area contributed by atoms with Crippen molar-refractivity contribution in [2.45, 2.75) is 11.3 Å². The first-order valence-electron chi connectivity index (χ1n) is 3.90. The summed E-state index contributed by atoms with van der Waals surface area (Å²) in [5, 5.41) is 0. The standard InChI is InChI=1S/C9H11NOS/c1-12-9-5-6(10)4-8-7(9)2-3-11-8/h4-5H,2-3,10H2,1H3. The maximum atomic E-state index is 5.71. The third-order valence-electron chi connectivity index (χ3n) is 2.02. The first-order valence-corrected chi connectivity index (χ1v) is 5.13. The first-order chi connectivity index (χ1) is 5.81. The third-order valence-corrected chi connectivity index (χ3v) is 2.82. The largest absolute Gasteiger partial charge is 0.493 e. The lowest BCUT2D eigenvalue weighted by molar-refractivity contribution is 0.357. The van der Waals surface area contributed by atoms with Crippen LogP contribution < -0.4 is 10.5 Å². The molecular weight excluding hydrogens is 170 g/mol. The van der Waals surface area contributed by atoms with Crippen molar-refractivity contribution in [3.63, 3.8) is 0 Å².